The first kappa shape index (κ1) is 17.7. The van der Waals surface area contributed by atoms with Gasteiger partial charge in [0.2, 0.25) is 0 Å². The summed E-state index contributed by atoms with van der Waals surface area (Å²) in [5, 5.41) is 0. The summed E-state index contributed by atoms with van der Waals surface area (Å²) in [7, 11) is 0. The molecule has 26 heavy (non-hydrogen) atoms. The van der Waals surface area contributed by atoms with E-state index in [1.165, 1.54) is 44.9 Å². The highest BCUT2D eigenvalue weighted by atomic mass is 19.2. The Hall–Kier alpha value is -1.70. The standard InChI is InChI=1S/C24H28F2/c25-23-21(19-9-5-2-6-10-19)15-16-22(24(23)26)20-13-11-18(12-14-20)17-7-3-1-4-8-17/h2,5-6,9-10,15-18,20H,1,3-4,7-8,11-14H2. The fourth-order valence-corrected chi connectivity index (χ4v) is 5.23. The summed E-state index contributed by atoms with van der Waals surface area (Å²) in [5.74, 6) is 0.541. The average molecular weight is 354 g/mol. The molecule has 0 unspecified atom stereocenters. The second kappa shape index (κ2) is 7.90. The second-order valence-electron chi connectivity index (χ2n) is 8.21. The number of hydrogen-bond acceptors (Lipinski definition) is 0. The van der Waals surface area contributed by atoms with E-state index in [0.29, 0.717) is 11.1 Å². The van der Waals surface area contributed by atoms with Crippen molar-refractivity contribution in [3.8, 4) is 11.1 Å². The van der Waals surface area contributed by atoms with E-state index >= 15 is 0 Å². The lowest BCUT2D eigenvalue weighted by Gasteiger charge is -2.36. The lowest BCUT2D eigenvalue weighted by atomic mass is 9.70. The lowest BCUT2D eigenvalue weighted by Crippen LogP contribution is -2.23. The normalized spacial score (nSPS) is 24.5. The molecule has 0 bridgehead atoms. The van der Waals surface area contributed by atoms with Crippen LogP contribution in [0, 0.1) is 23.5 Å². The Bertz CT molecular complexity index is 723. The molecular weight excluding hydrogens is 326 g/mol. The van der Waals surface area contributed by atoms with Crippen LogP contribution in [0.3, 0.4) is 0 Å². The minimum atomic E-state index is -0.692. The van der Waals surface area contributed by atoms with Gasteiger partial charge in [-0.05, 0) is 54.6 Å². The van der Waals surface area contributed by atoms with Crippen LogP contribution in [0.25, 0.3) is 11.1 Å². The SMILES string of the molecule is Fc1c(-c2ccccc2)ccc(C2CCC(C3CCCCC3)CC2)c1F. The number of rotatable bonds is 3. The molecule has 0 saturated heterocycles. The van der Waals surface area contributed by atoms with Crippen molar-refractivity contribution >= 4 is 0 Å². The molecule has 2 saturated carbocycles. The van der Waals surface area contributed by atoms with Gasteiger partial charge in [0.15, 0.2) is 11.6 Å². The largest absolute Gasteiger partial charge is 0.203 e. The maximum atomic E-state index is 14.8. The van der Waals surface area contributed by atoms with Crippen LogP contribution in [-0.2, 0) is 0 Å². The molecule has 0 aliphatic heterocycles. The second-order valence-corrected chi connectivity index (χ2v) is 8.21. The summed E-state index contributed by atoms with van der Waals surface area (Å²) in [6.45, 7) is 0. The molecule has 0 nitrogen and oxygen atoms in total. The van der Waals surface area contributed by atoms with Crippen molar-refractivity contribution in [3.05, 3.63) is 59.7 Å². The molecular formula is C24H28F2. The number of halogens is 2. The van der Waals surface area contributed by atoms with Crippen LogP contribution in [0.1, 0.15) is 69.3 Å². The summed E-state index contributed by atoms with van der Waals surface area (Å²) >= 11 is 0. The lowest BCUT2D eigenvalue weighted by molar-refractivity contribution is 0.185. The van der Waals surface area contributed by atoms with Crippen LogP contribution >= 0.6 is 0 Å². The third kappa shape index (κ3) is 3.56. The fraction of sp³-hybridized carbons (Fsp3) is 0.500. The predicted octanol–water partition coefficient (Wildman–Crippen LogP) is 7.49. The van der Waals surface area contributed by atoms with Gasteiger partial charge in [-0.15, -0.1) is 0 Å². The summed E-state index contributed by atoms with van der Waals surface area (Å²) < 4.78 is 29.5. The van der Waals surface area contributed by atoms with Crippen molar-refractivity contribution < 1.29 is 8.78 Å². The minimum Gasteiger partial charge on any atom is -0.203 e. The van der Waals surface area contributed by atoms with Crippen molar-refractivity contribution in [1.29, 1.82) is 0 Å². The molecule has 138 valence electrons. The van der Waals surface area contributed by atoms with Crippen molar-refractivity contribution in [2.45, 2.75) is 63.7 Å². The van der Waals surface area contributed by atoms with Crippen molar-refractivity contribution in [3.63, 3.8) is 0 Å². The van der Waals surface area contributed by atoms with Gasteiger partial charge in [0.1, 0.15) is 0 Å². The topological polar surface area (TPSA) is 0 Å². The molecule has 2 aliphatic rings. The molecule has 2 fully saturated rings. The first-order chi connectivity index (χ1) is 12.7. The van der Waals surface area contributed by atoms with Gasteiger partial charge in [-0.25, -0.2) is 8.78 Å². The highest BCUT2D eigenvalue weighted by Gasteiger charge is 2.30. The fourth-order valence-electron chi connectivity index (χ4n) is 5.23. The van der Waals surface area contributed by atoms with E-state index in [1.54, 1.807) is 6.07 Å². The zero-order chi connectivity index (χ0) is 17.9. The Labute approximate surface area is 155 Å². The molecule has 0 atom stereocenters. The monoisotopic (exact) mass is 354 g/mol. The summed E-state index contributed by atoms with van der Waals surface area (Å²) in [6.07, 6.45) is 11.3. The highest BCUT2D eigenvalue weighted by molar-refractivity contribution is 5.64. The molecule has 0 spiro atoms. The summed E-state index contributed by atoms with van der Waals surface area (Å²) in [6, 6.07) is 12.8. The zero-order valence-corrected chi connectivity index (χ0v) is 15.4. The van der Waals surface area contributed by atoms with Crippen LogP contribution in [0.15, 0.2) is 42.5 Å². The Kier molecular flexibility index (Phi) is 5.38. The quantitative estimate of drug-likeness (QED) is 0.536. The first-order valence-electron chi connectivity index (χ1n) is 10.3. The van der Waals surface area contributed by atoms with E-state index in [-0.39, 0.29) is 5.92 Å². The predicted molar refractivity (Wildman–Crippen MR) is 103 cm³/mol. The molecule has 4 rings (SSSR count). The molecule has 0 heterocycles. The van der Waals surface area contributed by atoms with E-state index in [2.05, 4.69) is 0 Å². The molecule has 2 aromatic carbocycles. The van der Waals surface area contributed by atoms with Crippen molar-refractivity contribution in [2.75, 3.05) is 0 Å². The molecule has 0 N–H and O–H groups in total. The molecule has 0 amide bonds. The van der Waals surface area contributed by atoms with Crippen LogP contribution in [0.4, 0.5) is 8.78 Å². The average Bonchev–Trinajstić information content (AvgIpc) is 2.71. The molecule has 2 aromatic rings. The highest BCUT2D eigenvalue weighted by Crippen LogP contribution is 2.44. The van der Waals surface area contributed by atoms with Crippen LogP contribution in [0.5, 0.6) is 0 Å². The van der Waals surface area contributed by atoms with Crippen LogP contribution < -0.4 is 0 Å². The number of hydrogen-bond donors (Lipinski definition) is 0. The first-order valence-corrected chi connectivity index (χ1v) is 10.3. The summed E-state index contributed by atoms with van der Waals surface area (Å²) in [5.41, 5.74) is 1.68. The van der Waals surface area contributed by atoms with Gasteiger partial charge in [-0.3, -0.25) is 0 Å². The Morgan fingerprint density at radius 1 is 0.615 bits per heavy atom. The third-order valence-electron chi connectivity index (χ3n) is 6.73. The van der Waals surface area contributed by atoms with Gasteiger partial charge < -0.3 is 0 Å². The Morgan fingerprint density at radius 2 is 1.27 bits per heavy atom. The third-order valence-corrected chi connectivity index (χ3v) is 6.73. The van der Waals surface area contributed by atoms with E-state index in [1.807, 2.05) is 36.4 Å². The van der Waals surface area contributed by atoms with Gasteiger partial charge in [0.25, 0.3) is 0 Å². The zero-order valence-electron chi connectivity index (χ0n) is 15.4. The van der Waals surface area contributed by atoms with Crippen LogP contribution in [0.2, 0.25) is 0 Å². The van der Waals surface area contributed by atoms with Gasteiger partial charge in [0.05, 0.1) is 0 Å². The van der Waals surface area contributed by atoms with Gasteiger partial charge in [-0.2, -0.15) is 0 Å². The molecule has 0 radical (unpaired) electrons. The van der Waals surface area contributed by atoms with Gasteiger partial charge >= 0.3 is 0 Å². The van der Waals surface area contributed by atoms with Crippen LogP contribution in [-0.4, -0.2) is 0 Å². The van der Waals surface area contributed by atoms with E-state index in [4.69, 9.17) is 0 Å². The van der Waals surface area contributed by atoms with E-state index in [9.17, 15) is 8.78 Å². The van der Waals surface area contributed by atoms with Crippen molar-refractivity contribution in [1.82, 2.24) is 0 Å². The Balaban J connectivity index is 1.48. The number of benzene rings is 2. The Morgan fingerprint density at radius 3 is 1.96 bits per heavy atom. The molecule has 0 aromatic heterocycles. The molecule has 2 aliphatic carbocycles. The van der Waals surface area contributed by atoms with Gasteiger partial charge in [0, 0.05) is 5.56 Å². The maximum Gasteiger partial charge on any atom is 0.166 e. The maximum absolute atomic E-state index is 14.8. The molecule has 2 heteroatoms. The van der Waals surface area contributed by atoms with Gasteiger partial charge in [-0.1, -0.05) is 74.6 Å². The smallest absolute Gasteiger partial charge is 0.166 e. The summed E-state index contributed by atoms with van der Waals surface area (Å²) in [4.78, 5) is 0. The van der Waals surface area contributed by atoms with E-state index < -0.39 is 11.6 Å². The van der Waals surface area contributed by atoms with Crippen molar-refractivity contribution in [2.24, 2.45) is 11.8 Å². The minimum absolute atomic E-state index is 0.175. The van der Waals surface area contributed by atoms with E-state index in [0.717, 1.165) is 30.2 Å².